The van der Waals surface area contributed by atoms with Gasteiger partial charge in [-0.1, -0.05) is 12.8 Å². The predicted octanol–water partition coefficient (Wildman–Crippen LogP) is 0.791. The van der Waals surface area contributed by atoms with Gasteiger partial charge in [0.1, 0.15) is 0 Å². The zero-order valence-electron chi connectivity index (χ0n) is 14.0. The average molecular weight is 343 g/mol. The Hall–Kier alpha value is -0.660. The van der Waals surface area contributed by atoms with Crippen molar-refractivity contribution in [1.82, 2.24) is 14.5 Å². The van der Waals surface area contributed by atoms with Gasteiger partial charge >= 0.3 is 0 Å². The summed E-state index contributed by atoms with van der Waals surface area (Å²) >= 11 is 0. The van der Waals surface area contributed by atoms with Gasteiger partial charge in [0.05, 0.1) is 5.25 Å². The summed E-state index contributed by atoms with van der Waals surface area (Å²) in [6, 6.07) is 0.193. The van der Waals surface area contributed by atoms with E-state index < -0.39 is 15.3 Å². The van der Waals surface area contributed by atoms with Gasteiger partial charge in [-0.25, -0.2) is 8.42 Å². The van der Waals surface area contributed by atoms with Crippen LogP contribution in [0.2, 0.25) is 0 Å². The van der Waals surface area contributed by atoms with Crippen molar-refractivity contribution in [2.45, 2.75) is 56.7 Å². The lowest BCUT2D eigenvalue weighted by Crippen LogP contribution is -2.56. The largest absolute Gasteiger partial charge is 0.341 e. The van der Waals surface area contributed by atoms with Crippen LogP contribution in [-0.2, 0) is 14.8 Å². The number of nitrogens with zero attached hydrogens (tertiary/aromatic N) is 2. The van der Waals surface area contributed by atoms with Gasteiger partial charge in [0.15, 0.2) is 0 Å². The number of amides is 1. The molecule has 7 heteroatoms. The molecule has 0 bridgehead atoms. The highest BCUT2D eigenvalue weighted by atomic mass is 32.2. The number of carbonyl (C=O) groups excluding carboxylic acids is 1. The standard InChI is InChI=1S/C16H29N3O3S/c1-13-11-19(10-8-17-13)23(21,22)15-7-4-9-18(12-15)16(20)14-5-2-3-6-14/h13-15,17H,2-12H2,1H3/t13-,15?/m0/s1. The zero-order chi connectivity index (χ0) is 16.4. The van der Waals surface area contributed by atoms with Gasteiger partial charge in [0, 0.05) is 44.7 Å². The third-order valence-electron chi connectivity index (χ3n) is 5.51. The molecule has 0 radical (unpaired) electrons. The Morgan fingerprint density at radius 2 is 1.78 bits per heavy atom. The monoisotopic (exact) mass is 343 g/mol. The first-order chi connectivity index (χ1) is 11.0. The molecule has 0 aromatic carbocycles. The first-order valence-electron chi connectivity index (χ1n) is 8.99. The average Bonchev–Trinajstić information content (AvgIpc) is 3.09. The van der Waals surface area contributed by atoms with Crippen molar-refractivity contribution in [2.75, 3.05) is 32.7 Å². The fourth-order valence-corrected chi connectivity index (χ4v) is 6.18. The number of sulfonamides is 1. The van der Waals surface area contributed by atoms with Crippen LogP contribution >= 0.6 is 0 Å². The van der Waals surface area contributed by atoms with Crippen LogP contribution in [0.1, 0.15) is 45.4 Å². The molecule has 0 spiro atoms. The van der Waals surface area contributed by atoms with E-state index in [9.17, 15) is 13.2 Å². The van der Waals surface area contributed by atoms with Gasteiger partial charge in [0.2, 0.25) is 15.9 Å². The highest BCUT2D eigenvalue weighted by molar-refractivity contribution is 7.89. The summed E-state index contributed by atoms with van der Waals surface area (Å²) in [7, 11) is -3.31. The van der Waals surface area contributed by atoms with Crippen molar-refractivity contribution >= 4 is 15.9 Å². The molecular weight excluding hydrogens is 314 g/mol. The van der Waals surface area contributed by atoms with Crippen molar-refractivity contribution in [3.05, 3.63) is 0 Å². The van der Waals surface area contributed by atoms with Crippen LogP contribution in [0.4, 0.5) is 0 Å². The first kappa shape index (κ1) is 17.2. The van der Waals surface area contributed by atoms with E-state index in [2.05, 4.69) is 5.32 Å². The molecule has 23 heavy (non-hydrogen) atoms. The second-order valence-electron chi connectivity index (χ2n) is 7.29. The summed E-state index contributed by atoms with van der Waals surface area (Å²) in [5.74, 6) is 0.326. The molecular formula is C16H29N3O3S. The number of rotatable bonds is 3. The molecule has 0 aromatic heterocycles. The second-order valence-corrected chi connectivity index (χ2v) is 9.50. The highest BCUT2D eigenvalue weighted by Gasteiger charge is 2.39. The fraction of sp³-hybridized carbons (Fsp3) is 0.938. The molecule has 2 saturated heterocycles. The molecule has 3 fully saturated rings. The lowest BCUT2D eigenvalue weighted by Gasteiger charge is -2.38. The topological polar surface area (TPSA) is 69.7 Å². The molecule has 2 atom stereocenters. The predicted molar refractivity (Wildman–Crippen MR) is 89.5 cm³/mol. The van der Waals surface area contributed by atoms with Crippen LogP contribution in [0.25, 0.3) is 0 Å². The normalized spacial score (nSPS) is 31.4. The second kappa shape index (κ2) is 7.07. The molecule has 1 saturated carbocycles. The summed E-state index contributed by atoms with van der Waals surface area (Å²) in [5, 5.41) is 2.86. The summed E-state index contributed by atoms with van der Waals surface area (Å²) in [6.45, 7) is 4.90. The van der Waals surface area contributed by atoms with E-state index in [1.54, 1.807) is 4.31 Å². The van der Waals surface area contributed by atoms with Crippen molar-refractivity contribution in [3.8, 4) is 0 Å². The number of nitrogens with one attached hydrogen (secondary N) is 1. The number of hydrogen-bond donors (Lipinski definition) is 1. The van der Waals surface area contributed by atoms with Crippen molar-refractivity contribution in [1.29, 1.82) is 0 Å². The number of hydrogen-bond acceptors (Lipinski definition) is 4. The fourth-order valence-electron chi connectivity index (χ4n) is 4.15. The Morgan fingerprint density at radius 1 is 1.04 bits per heavy atom. The molecule has 3 aliphatic rings. The Labute approximate surface area is 139 Å². The minimum atomic E-state index is -3.31. The van der Waals surface area contributed by atoms with E-state index >= 15 is 0 Å². The molecule has 2 aliphatic heterocycles. The molecule has 1 unspecified atom stereocenters. The lowest BCUT2D eigenvalue weighted by molar-refractivity contribution is -0.136. The zero-order valence-corrected chi connectivity index (χ0v) is 14.9. The molecule has 132 valence electrons. The molecule has 1 aliphatic carbocycles. The van der Waals surface area contributed by atoms with E-state index in [0.717, 1.165) is 38.6 Å². The third kappa shape index (κ3) is 3.72. The number of piperazine rings is 1. The van der Waals surface area contributed by atoms with Gasteiger partial charge in [-0.3, -0.25) is 4.79 Å². The maximum Gasteiger partial charge on any atom is 0.225 e. The van der Waals surface area contributed by atoms with Gasteiger partial charge in [0.25, 0.3) is 0 Å². The van der Waals surface area contributed by atoms with E-state index in [-0.39, 0.29) is 17.9 Å². The number of likely N-dealkylation sites (tertiary alicyclic amines) is 1. The molecule has 6 nitrogen and oxygen atoms in total. The van der Waals surface area contributed by atoms with Crippen LogP contribution in [0, 0.1) is 5.92 Å². The van der Waals surface area contributed by atoms with Gasteiger partial charge in [-0.15, -0.1) is 0 Å². The molecule has 1 N–H and O–H groups in total. The van der Waals surface area contributed by atoms with Crippen molar-refractivity contribution in [2.24, 2.45) is 5.92 Å². The Bertz CT molecular complexity index is 531. The van der Waals surface area contributed by atoms with Crippen LogP contribution in [0.15, 0.2) is 0 Å². The highest BCUT2D eigenvalue weighted by Crippen LogP contribution is 2.29. The molecule has 3 rings (SSSR count). The van der Waals surface area contributed by atoms with Crippen LogP contribution in [-0.4, -0.2) is 67.5 Å². The van der Waals surface area contributed by atoms with E-state index in [4.69, 9.17) is 0 Å². The van der Waals surface area contributed by atoms with E-state index in [1.807, 2.05) is 11.8 Å². The summed E-state index contributed by atoms with van der Waals surface area (Å²) in [6.07, 6.45) is 5.68. The van der Waals surface area contributed by atoms with Gasteiger partial charge in [-0.2, -0.15) is 4.31 Å². The first-order valence-corrected chi connectivity index (χ1v) is 10.5. The Kier molecular flexibility index (Phi) is 5.28. The molecule has 0 aromatic rings. The quantitative estimate of drug-likeness (QED) is 0.823. The Balaban J connectivity index is 1.66. The van der Waals surface area contributed by atoms with Crippen LogP contribution < -0.4 is 5.32 Å². The van der Waals surface area contributed by atoms with Crippen LogP contribution in [0.5, 0.6) is 0 Å². The minimum Gasteiger partial charge on any atom is -0.341 e. The number of carbonyl (C=O) groups is 1. The SMILES string of the molecule is C[C@H]1CN(S(=O)(=O)C2CCCN(C(=O)C3CCCC3)C2)CCN1. The molecule has 2 heterocycles. The van der Waals surface area contributed by atoms with Crippen molar-refractivity contribution in [3.63, 3.8) is 0 Å². The Morgan fingerprint density at radius 3 is 2.48 bits per heavy atom. The number of piperidine rings is 1. The summed E-state index contributed by atoms with van der Waals surface area (Å²) < 4.78 is 27.5. The minimum absolute atomic E-state index is 0.135. The van der Waals surface area contributed by atoms with E-state index in [0.29, 0.717) is 32.6 Å². The smallest absolute Gasteiger partial charge is 0.225 e. The maximum absolute atomic E-state index is 12.9. The summed E-state index contributed by atoms with van der Waals surface area (Å²) in [4.78, 5) is 14.4. The van der Waals surface area contributed by atoms with Crippen LogP contribution in [0.3, 0.4) is 0 Å². The van der Waals surface area contributed by atoms with Crippen molar-refractivity contribution < 1.29 is 13.2 Å². The van der Waals surface area contributed by atoms with Gasteiger partial charge in [-0.05, 0) is 32.6 Å². The van der Waals surface area contributed by atoms with E-state index in [1.165, 1.54) is 0 Å². The maximum atomic E-state index is 12.9. The van der Waals surface area contributed by atoms with Gasteiger partial charge < -0.3 is 10.2 Å². The summed E-state index contributed by atoms with van der Waals surface area (Å²) in [5.41, 5.74) is 0. The molecule has 1 amide bonds. The lowest BCUT2D eigenvalue weighted by atomic mass is 10.0. The third-order valence-corrected chi connectivity index (χ3v) is 7.79.